The molecule has 1 N–H and O–H groups in total. The highest BCUT2D eigenvalue weighted by Gasteiger charge is 2.66. The first-order valence-corrected chi connectivity index (χ1v) is 17.3. The monoisotopic (exact) mass is 622 g/mol. The van der Waals surface area contributed by atoms with Gasteiger partial charge < -0.3 is 28.6 Å². The topological polar surface area (TPSA) is 78.5 Å². The van der Waals surface area contributed by atoms with Gasteiger partial charge in [0, 0.05) is 17.3 Å². The van der Waals surface area contributed by atoms with Crippen molar-refractivity contribution in [2.24, 2.45) is 0 Å². The van der Waals surface area contributed by atoms with Crippen molar-refractivity contribution in [2.45, 2.75) is 141 Å². The lowest BCUT2D eigenvalue weighted by Gasteiger charge is -2.29. The number of carbonyl (C=O) groups is 1. The van der Waals surface area contributed by atoms with Gasteiger partial charge in [0.2, 0.25) is 5.79 Å². The number of hydrogen-bond acceptors (Lipinski definition) is 7. The Morgan fingerprint density at radius 1 is 0.953 bits per heavy atom. The van der Waals surface area contributed by atoms with E-state index in [4.69, 9.17) is 35.3 Å². The summed E-state index contributed by atoms with van der Waals surface area (Å²) in [5, 5.41) is 3.41. The van der Waals surface area contributed by atoms with Crippen LogP contribution in [0.25, 0.3) is 0 Å². The minimum atomic E-state index is -1.12. The number of likely N-dealkylation sites (tertiary alicyclic amines) is 1. The molecule has 0 saturated carbocycles. The lowest BCUT2D eigenvalue weighted by Crippen LogP contribution is -2.46. The normalized spacial score (nSPS) is 26.6. The summed E-state index contributed by atoms with van der Waals surface area (Å²) in [6.45, 7) is 10.2. The number of amides is 1. The number of unbranched alkanes of at least 4 members (excludes halogenated alkanes) is 9. The Balaban J connectivity index is 1.30. The zero-order valence-electron chi connectivity index (χ0n) is 26.8. The molecule has 3 fully saturated rings. The highest BCUT2D eigenvalue weighted by Crippen LogP contribution is 2.47. The van der Waals surface area contributed by atoms with Crippen molar-refractivity contribution in [2.75, 3.05) is 38.2 Å². The van der Waals surface area contributed by atoms with Gasteiger partial charge in [0.05, 0.1) is 0 Å². The largest absolute Gasteiger partial charge is 0.440 e. The van der Waals surface area contributed by atoms with E-state index >= 15 is 0 Å². The SMILES string of the molecule is CCCCCCCCCCCCOC[C@@]12O[C@@H](CCCN3CCCC3)[C@@H](OC(=O)Nc3ccc(Cl)cc3)[C@@H]1OC(C)(C)O2. The van der Waals surface area contributed by atoms with E-state index in [0.717, 1.165) is 45.3 Å². The van der Waals surface area contributed by atoms with Crippen molar-refractivity contribution >= 4 is 23.4 Å². The summed E-state index contributed by atoms with van der Waals surface area (Å²) in [5.74, 6) is -2.01. The van der Waals surface area contributed by atoms with Crippen molar-refractivity contribution in [3.05, 3.63) is 29.3 Å². The zero-order valence-corrected chi connectivity index (χ0v) is 27.5. The molecule has 1 aromatic carbocycles. The van der Waals surface area contributed by atoms with Crippen LogP contribution in [0.2, 0.25) is 5.02 Å². The molecule has 0 aliphatic carbocycles. The van der Waals surface area contributed by atoms with Crippen molar-refractivity contribution < 1.29 is 28.5 Å². The van der Waals surface area contributed by atoms with Crippen LogP contribution in [0.15, 0.2) is 24.3 Å². The van der Waals surface area contributed by atoms with Crippen molar-refractivity contribution in [1.82, 2.24) is 4.90 Å². The third-order valence-corrected chi connectivity index (χ3v) is 8.97. The van der Waals surface area contributed by atoms with Crippen LogP contribution < -0.4 is 5.32 Å². The van der Waals surface area contributed by atoms with Gasteiger partial charge in [-0.2, -0.15) is 0 Å². The van der Waals surface area contributed by atoms with E-state index in [2.05, 4.69) is 17.1 Å². The van der Waals surface area contributed by atoms with Crippen LogP contribution in [0.3, 0.4) is 0 Å². The quantitative estimate of drug-likeness (QED) is 0.155. The molecule has 3 heterocycles. The van der Waals surface area contributed by atoms with Crippen molar-refractivity contribution in [3.63, 3.8) is 0 Å². The molecule has 1 amide bonds. The molecule has 9 heteroatoms. The van der Waals surface area contributed by atoms with E-state index < -0.39 is 29.9 Å². The smallest absolute Gasteiger partial charge is 0.412 e. The van der Waals surface area contributed by atoms with Crippen LogP contribution in [-0.4, -0.2) is 73.7 Å². The maximum atomic E-state index is 13.1. The van der Waals surface area contributed by atoms with E-state index in [1.165, 1.54) is 64.2 Å². The molecule has 43 heavy (non-hydrogen) atoms. The number of nitrogens with zero attached hydrogens (tertiary/aromatic N) is 1. The first kappa shape index (κ1) is 34.5. The third kappa shape index (κ3) is 10.9. The van der Waals surface area contributed by atoms with Crippen LogP contribution in [0.4, 0.5) is 10.5 Å². The number of halogens is 1. The first-order valence-electron chi connectivity index (χ1n) is 16.9. The molecule has 4 rings (SSSR count). The summed E-state index contributed by atoms with van der Waals surface area (Å²) in [7, 11) is 0. The molecular formula is C34H55ClN2O6. The standard InChI is InChI=1S/C34H55ClN2O6/c1-4-5-6-7-8-9-10-11-12-15-25-39-26-34-31(42-33(2,3)43-34)30(29(41-34)17-16-24-37-22-13-14-23-37)40-32(38)36-28-20-18-27(35)19-21-28/h18-21,29-31H,4-17,22-26H2,1-3H3,(H,36,38)/t29-,30+,31-,34-/m0/s1. The van der Waals surface area contributed by atoms with Crippen LogP contribution in [0, 0.1) is 0 Å². The molecule has 244 valence electrons. The van der Waals surface area contributed by atoms with Crippen LogP contribution >= 0.6 is 11.6 Å². The highest BCUT2D eigenvalue weighted by atomic mass is 35.5. The van der Waals surface area contributed by atoms with Gasteiger partial charge >= 0.3 is 6.09 Å². The Kier molecular flexibility index (Phi) is 13.9. The molecule has 1 aromatic rings. The number of hydrogen-bond donors (Lipinski definition) is 1. The summed E-state index contributed by atoms with van der Waals surface area (Å²) in [5.41, 5.74) is 0.605. The molecule has 0 radical (unpaired) electrons. The Hall–Kier alpha value is -1.42. The maximum Gasteiger partial charge on any atom is 0.412 e. The second-order valence-corrected chi connectivity index (χ2v) is 13.4. The second kappa shape index (κ2) is 17.3. The Morgan fingerprint density at radius 2 is 1.60 bits per heavy atom. The van der Waals surface area contributed by atoms with E-state index in [9.17, 15) is 4.79 Å². The molecular weight excluding hydrogens is 568 g/mol. The number of anilines is 1. The number of benzene rings is 1. The maximum absolute atomic E-state index is 13.1. The molecule has 3 saturated heterocycles. The summed E-state index contributed by atoms with van der Waals surface area (Å²) >= 11 is 6.01. The highest BCUT2D eigenvalue weighted by molar-refractivity contribution is 6.30. The Labute approximate surface area is 264 Å². The van der Waals surface area contributed by atoms with Crippen LogP contribution in [0.1, 0.15) is 111 Å². The van der Waals surface area contributed by atoms with Gasteiger partial charge in [-0.05, 0) is 89.9 Å². The van der Waals surface area contributed by atoms with Gasteiger partial charge in [0.1, 0.15) is 12.7 Å². The number of carbonyl (C=O) groups excluding carboxylic acids is 1. The molecule has 0 aromatic heterocycles. The fourth-order valence-electron chi connectivity index (χ4n) is 6.56. The molecule has 0 bridgehead atoms. The Bertz CT molecular complexity index is 957. The fourth-order valence-corrected chi connectivity index (χ4v) is 6.69. The summed E-state index contributed by atoms with van der Waals surface area (Å²) in [6.07, 6.45) is 14.8. The summed E-state index contributed by atoms with van der Waals surface area (Å²) < 4.78 is 31.6. The third-order valence-electron chi connectivity index (χ3n) is 8.72. The minimum Gasteiger partial charge on any atom is -0.440 e. The fraction of sp³-hybridized carbons (Fsp3) is 0.794. The number of nitrogens with one attached hydrogen (secondary N) is 1. The Morgan fingerprint density at radius 3 is 2.28 bits per heavy atom. The average molecular weight is 623 g/mol. The zero-order chi connectivity index (χ0) is 30.5. The predicted octanol–water partition coefficient (Wildman–Crippen LogP) is 8.32. The number of ether oxygens (including phenoxy) is 5. The van der Waals surface area contributed by atoms with Gasteiger partial charge in [0.15, 0.2) is 18.0 Å². The van der Waals surface area contributed by atoms with Crippen LogP contribution in [0.5, 0.6) is 0 Å². The first-order chi connectivity index (χ1) is 20.8. The van der Waals surface area contributed by atoms with Gasteiger partial charge in [-0.1, -0.05) is 76.3 Å². The van der Waals surface area contributed by atoms with Gasteiger partial charge in [-0.3, -0.25) is 5.32 Å². The lowest BCUT2D eigenvalue weighted by atomic mass is 10.0. The average Bonchev–Trinajstić information content (AvgIpc) is 3.64. The summed E-state index contributed by atoms with van der Waals surface area (Å²) in [6, 6.07) is 6.94. The van der Waals surface area contributed by atoms with E-state index in [-0.39, 0.29) is 12.7 Å². The molecule has 3 aliphatic rings. The number of rotatable bonds is 19. The molecule has 0 unspecified atom stereocenters. The molecule has 0 spiro atoms. The predicted molar refractivity (Wildman–Crippen MR) is 171 cm³/mol. The van der Waals surface area contributed by atoms with E-state index in [0.29, 0.717) is 17.3 Å². The van der Waals surface area contributed by atoms with Gasteiger partial charge in [-0.15, -0.1) is 0 Å². The van der Waals surface area contributed by atoms with Crippen molar-refractivity contribution in [3.8, 4) is 0 Å². The molecule has 3 aliphatic heterocycles. The van der Waals surface area contributed by atoms with Crippen molar-refractivity contribution in [1.29, 1.82) is 0 Å². The van der Waals surface area contributed by atoms with Gasteiger partial charge in [0.25, 0.3) is 0 Å². The summed E-state index contributed by atoms with van der Waals surface area (Å²) in [4.78, 5) is 15.5. The molecule has 8 nitrogen and oxygen atoms in total. The van der Waals surface area contributed by atoms with E-state index in [1.54, 1.807) is 24.3 Å². The van der Waals surface area contributed by atoms with E-state index in [1.807, 2.05) is 13.8 Å². The minimum absolute atomic E-state index is 0.236. The number of fused-ring (bicyclic) bond motifs is 1. The lowest BCUT2D eigenvalue weighted by molar-refractivity contribution is -0.278. The van der Waals surface area contributed by atoms with Crippen LogP contribution in [-0.2, 0) is 23.7 Å². The van der Waals surface area contributed by atoms with Gasteiger partial charge in [-0.25, -0.2) is 4.79 Å². The molecule has 4 atom stereocenters. The second-order valence-electron chi connectivity index (χ2n) is 12.9.